The van der Waals surface area contributed by atoms with Crippen LogP contribution in [0.2, 0.25) is 0 Å². The molecular weight excluding hydrogens is 226 g/mol. The highest BCUT2D eigenvalue weighted by Crippen LogP contribution is 2.32. The van der Waals surface area contributed by atoms with E-state index in [1.54, 1.807) is 0 Å². The van der Waals surface area contributed by atoms with Gasteiger partial charge in [0.15, 0.2) is 5.78 Å². The van der Waals surface area contributed by atoms with E-state index in [1.807, 2.05) is 12.1 Å². The number of carbonyl (C=O) groups is 1. The van der Waals surface area contributed by atoms with Crippen LogP contribution in [0.3, 0.4) is 0 Å². The van der Waals surface area contributed by atoms with Crippen molar-refractivity contribution < 1.29 is 9.53 Å². The lowest BCUT2D eigenvalue weighted by Crippen LogP contribution is -2.35. The second-order valence-electron chi connectivity index (χ2n) is 5.22. The van der Waals surface area contributed by atoms with Gasteiger partial charge in [-0.15, -0.1) is 0 Å². The second kappa shape index (κ2) is 5.21. The minimum absolute atomic E-state index is 0.315. The van der Waals surface area contributed by atoms with Crippen molar-refractivity contribution in [2.45, 2.75) is 19.4 Å². The van der Waals surface area contributed by atoms with Crippen molar-refractivity contribution in [2.24, 2.45) is 5.92 Å². The van der Waals surface area contributed by atoms with Crippen LogP contribution in [-0.2, 0) is 11.3 Å². The molecule has 0 amide bonds. The molecule has 0 unspecified atom stereocenters. The molecule has 0 bridgehead atoms. The van der Waals surface area contributed by atoms with Gasteiger partial charge in [-0.3, -0.25) is 9.69 Å². The number of morpholine rings is 1. The Morgan fingerprint density at radius 1 is 1.17 bits per heavy atom. The minimum Gasteiger partial charge on any atom is -0.379 e. The van der Waals surface area contributed by atoms with E-state index in [0.29, 0.717) is 11.7 Å². The molecule has 0 N–H and O–H groups in total. The maximum absolute atomic E-state index is 11.9. The molecular formula is C15H19NO2. The number of benzene rings is 1. The van der Waals surface area contributed by atoms with Gasteiger partial charge in [-0.1, -0.05) is 24.3 Å². The Bertz CT molecular complexity index is 417. The van der Waals surface area contributed by atoms with Crippen molar-refractivity contribution in [1.29, 1.82) is 0 Å². The number of ketones is 1. The van der Waals surface area contributed by atoms with E-state index >= 15 is 0 Å². The quantitative estimate of drug-likeness (QED) is 0.761. The van der Waals surface area contributed by atoms with Crippen LogP contribution < -0.4 is 0 Å². The first-order valence-electron chi connectivity index (χ1n) is 6.76. The Balaban J connectivity index is 1.61. The summed E-state index contributed by atoms with van der Waals surface area (Å²) in [4.78, 5) is 14.3. The van der Waals surface area contributed by atoms with Gasteiger partial charge in [-0.2, -0.15) is 0 Å². The van der Waals surface area contributed by atoms with Crippen LogP contribution in [0, 0.1) is 5.92 Å². The standard InChI is InChI=1S/C15H19NO2/c17-15(14-5-6-14)13-3-1-12(2-4-13)11-16-7-9-18-10-8-16/h1-4,14H,5-11H2. The van der Waals surface area contributed by atoms with E-state index in [2.05, 4.69) is 17.0 Å². The SMILES string of the molecule is O=C(c1ccc(CN2CCOCC2)cc1)C1CC1. The highest BCUT2D eigenvalue weighted by molar-refractivity contribution is 5.99. The van der Waals surface area contributed by atoms with Gasteiger partial charge < -0.3 is 4.74 Å². The highest BCUT2D eigenvalue weighted by Gasteiger charge is 2.30. The molecule has 1 saturated carbocycles. The first-order chi connectivity index (χ1) is 8.83. The first kappa shape index (κ1) is 11.9. The minimum atomic E-state index is 0.315. The topological polar surface area (TPSA) is 29.5 Å². The molecule has 3 heteroatoms. The van der Waals surface area contributed by atoms with E-state index in [0.717, 1.165) is 51.3 Å². The zero-order valence-electron chi connectivity index (χ0n) is 10.6. The number of ether oxygens (including phenoxy) is 1. The van der Waals surface area contributed by atoms with E-state index in [4.69, 9.17) is 4.74 Å². The van der Waals surface area contributed by atoms with E-state index in [-0.39, 0.29) is 0 Å². The molecule has 1 aliphatic carbocycles. The average Bonchev–Trinajstić information content (AvgIpc) is 3.24. The number of Topliss-reactive ketones (excluding diaryl/α,β-unsaturated/α-hetero) is 1. The molecule has 1 aliphatic heterocycles. The molecule has 0 radical (unpaired) electrons. The molecule has 1 aromatic carbocycles. The van der Waals surface area contributed by atoms with Crippen LogP contribution in [0.5, 0.6) is 0 Å². The van der Waals surface area contributed by atoms with Crippen LogP contribution in [0.1, 0.15) is 28.8 Å². The predicted molar refractivity (Wildman–Crippen MR) is 69.6 cm³/mol. The van der Waals surface area contributed by atoms with Crippen LogP contribution in [0.4, 0.5) is 0 Å². The Morgan fingerprint density at radius 3 is 2.44 bits per heavy atom. The maximum atomic E-state index is 11.9. The summed E-state index contributed by atoms with van der Waals surface area (Å²) >= 11 is 0. The van der Waals surface area contributed by atoms with Crippen LogP contribution in [0.25, 0.3) is 0 Å². The zero-order chi connectivity index (χ0) is 12.4. The number of hydrogen-bond acceptors (Lipinski definition) is 3. The molecule has 1 aromatic rings. The molecule has 1 heterocycles. The van der Waals surface area contributed by atoms with Gasteiger partial charge in [0, 0.05) is 31.1 Å². The van der Waals surface area contributed by atoms with Crippen molar-refractivity contribution in [3.05, 3.63) is 35.4 Å². The third kappa shape index (κ3) is 2.79. The smallest absolute Gasteiger partial charge is 0.165 e. The summed E-state index contributed by atoms with van der Waals surface area (Å²) in [6.45, 7) is 4.63. The van der Waals surface area contributed by atoms with Crippen molar-refractivity contribution in [2.75, 3.05) is 26.3 Å². The summed E-state index contributed by atoms with van der Waals surface area (Å²) < 4.78 is 5.33. The number of nitrogens with zero attached hydrogens (tertiary/aromatic N) is 1. The molecule has 96 valence electrons. The third-order valence-corrected chi connectivity index (χ3v) is 3.70. The predicted octanol–water partition coefficient (Wildman–Crippen LogP) is 2.11. The first-order valence-corrected chi connectivity index (χ1v) is 6.76. The summed E-state index contributed by atoms with van der Waals surface area (Å²) in [5, 5.41) is 0. The van der Waals surface area contributed by atoms with Gasteiger partial charge >= 0.3 is 0 Å². The summed E-state index contributed by atoms with van der Waals surface area (Å²) in [5.74, 6) is 0.642. The summed E-state index contributed by atoms with van der Waals surface area (Å²) in [7, 11) is 0. The van der Waals surface area contributed by atoms with E-state index < -0.39 is 0 Å². The third-order valence-electron chi connectivity index (χ3n) is 3.70. The van der Waals surface area contributed by atoms with Gasteiger partial charge in [0.25, 0.3) is 0 Å². The van der Waals surface area contributed by atoms with Crippen molar-refractivity contribution in [3.8, 4) is 0 Å². The molecule has 3 rings (SSSR count). The van der Waals surface area contributed by atoms with Gasteiger partial charge in [0.2, 0.25) is 0 Å². The normalized spacial score (nSPS) is 20.9. The largest absolute Gasteiger partial charge is 0.379 e. The van der Waals surface area contributed by atoms with E-state index in [9.17, 15) is 4.79 Å². The molecule has 0 atom stereocenters. The fourth-order valence-corrected chi connectivity index (χ4v) is 2.37. The Hall–Kier alpha value is -1.19. The van der Waals surface area contributed by atoms with Crippen LogP contribution in [0.15, 0.2) is 24.3 Å². The number of hydrogen-bond donors (Lipinski definition) is 0. The van der Waals surface area contributed by atoms with Crippen molar-refractivity contribution in [1.82, 2.24) is 4.90 Å². The molecule has 18 heavy (non-hydrogen) atoms. The Labute approximate surface area is 108 Å². The molecule has 0 spiro atoms. The summed E-state index contributed by atoms with van der Waals surface area (Å²) in [5.41, 5.74) is 2.16. The van der Waals surface area contributed by atoms with Crippen molar-refractivity contribution in [3.63, 3.8) is 0 Å². The lowest BCUT2D eigenvalue weighted by molar-refractivity contribution is 0.0342. The highest BCUT2D eigenvalue weighted by atomic mass is 16.5. The van der Waals surface area contributed by atoms with Gasteiger partial charge in [-0.05, 0) is 18.4 Å². The monoisotopic (exact) mass is 245 g/mol. The van der Waals surface area contributed by atoms with Crippen LogP contribution in [-0.4, -0.2) is 37.0 Å². The Morgan fingerprint density at radius 2 is 1.83 bits per heavy atom. The lowest BCUT2D eigenvalue weighted by Gasteiger charge is -2.26. The van der Waals surface area contributed by atoms with Gasteiger partial charge in [0.05, 0.1) is 13.2 Å². The number of rotatable bonds is 4. The Kier molecular flexibility index (Phi) is 3.43. The zero-order valence-corrected chi connectivity index (χ0v) is 10.6. The fourth-order valence-electron chi connectivity index (χ4n) is 2.37. The van der Waals surface area contributed by atoms with Gasteiger partial charge in [0.1, 0.15) is 0 Å². The molecule has 0 aromatic heterocycles. The van der Waals surface area contributed by atoms with Crippen LogP contribution >= 0.6 is 0 Å². The lowest BCUT2D eigenvalue weighted by atomic mass is 10.0. The maximum Gasteiger partial charge on any atom is 0.165 e. The van der Waals surface area contributed by atoms with Gasteiger partial charge in [-0.25, -0.2) is 0 Å². The van der Waals surface area contributed by atoms with Crippen molar-refractivity contribution >= 4 is 5.78 Å². The molecule has 2 aliphatic rings. The summed E-state index contributed by atoms with van der Waals surface area (Å²) in [6, 6.07) is 8.14. The molecule has 1 saturated heterocycles. The van der Waals surface area contributed by atoms with E-state index in [1.165, 1.54) is 5.56 Å². The second-order valence-corrected chi connectivity index (χ2v) is 5.22. The molecule has 3 nitrogen and oxygen atoms in total. The number of carbonyl (C=O) groups excluding carboxylic acids is 1. The summed E-state index contributed by atoms with van der Waals surface area (Å²) in [6.07, 6.45) is 2.16. The molecule has 2 fully saturated rings. The average molecular weight is 245 g/mol. The fraction of sp³-hybridized carbons (Fsp3) is 0.533.